The van der Waals surface area contributed by atoms with E-state index in [4.69, 9.17) is 21.4 Å². The molecule has 0 radical (unpaired) electrons. The van der Waals surface area contributed by atoms with Crippen molar-refractivity contribution < 1.29 is 14.6 Å². The van der Waals surface area contributed by atoms with Gasteiger partial charge in [-0.2, -0.15) is 0 Å². The van der Waals surface area contributed by atoms with Crippen molar-refractivity contribution in [3.05, 3.63) is 27.7 Å². The molecule has 0 saturated heterocycles. The van der Waals surface area contributed by atoms with Gasteiger partial charge < -0.3 is 14.7 Å². The van der Waals surface area contributed by atoms with Gasteiger partial charge in [0.15, 0.2) is 0 Å². The third-order valence-corrected chi connectivity index (χ3v) is 3.19. The second-order valence-electron chi connectivity index (χ2n) is 3.87. The van der Waals surface area contributed by atoms with E-state index in [1.807, 2.05) is 11.9 Å². The van der Waals surface area contributed by atoms with E-state index in [9.17, 15) is 4.79 Å². The van der Waals surface area contributed by atoms with E-state index in [0.717, 1.165) is 10.2 Å². The largest absolute Gasteiger partial charge is 0.491 e. The molecule has 0 atom stereocenters. The minimum absolute atomic E-state index is 0.140. The van der Waals surface area contributed by atoms with E-state index in [-0.39, 0.29) is 6.42 Å². The van der Waals surface area contributed by atoms with Crippen LogP contribution in [0.25, 0.3) is 0 Å². The zero-order valence-corrected chi connectivity index (χ0v) is 12.4. The molecule has 0 saturated carbocycles. The lowest BCUT2D eigenvalue weighted by Gasteiger charge is -2.16. The summed E-state index contributed by atoms with van der Waals surface area (Å²) in [5.41, 5.74) is 0. The van der Waals surface area contributed by atoms with Gasteiger partial charge in [0.2, 0.25) is 0 Å². The summed E-state index contributed by atoms with van der Waals surface area (Å²) in [7, 11) is 1.86. The molecule has 1 aromatic rings. The van der Waals surface area contributed by atoms with Crippen LogP contribution in [0.2, 0.25) is 5.02 Å². The Morgan fingerprint density at radius 3 is 2.83 bits per heavy atom. The number of likely N-dealkylation sites (N-methyl/N-ethyl adjacent to an activating group) is 1. The number of benzene rings is 1. The maximum absolute atomic E-state index is 10.4. The molecular formula is C12H15BrClNO3. The Kier molecular flexibility index (Phi) is 6.46. The quantitative estimate of drug-likeness (QED) is 0.832. The van der Waals surface area contributed by atoms with Crippen LogP contribution < -0.4 is 4.74 Å². The highest BCUT2D eigenvalue weighted by Crippen LogP contribution is 2.27. The normalized spacial score (nSPS) is 10.7. The van der Waals surface area contributed by atoms with Gasteiger partial charge in [0, 0.05) is 18.1 Å². The molecule has 6 heteroatoms. The lowest BCUT2D eigenvalue weighted by molar-refractivity contribution is -0.137. The molecule has 100 valence electrons. The highest BCUT2D eigenvalue weighted by Gasteiger charge is 2.04. The van der Waals surface area contributed by atoms with E-state index >= 15 is 0 Å². The van der Waals surface area contributed by atoms with Gasteiger partial charge >= 0.3 is 5.97 Å². The second kappa shape index (κ2) is 7.61. The summed E-state index contributed by atoms with van der Waals surface area (Å²) < 4.78 is 6.38. The Labute approximate surface area is 120 Å². The smallest absolute Gasteiger partial charge is 0.304 e. The topological polar surface area (TPSA) is 49.8 Å². The highest BCUT2D eigenvalue weighted by atomic mass is 79.9. The van der Waals surface area contributed by atoms with E-state index in [1.54, 1.807) is 18.2 Å². The molecule has 0 unspecified atom stereocenters. The number of ether oxygens (including phenoxy) is 1. The molecule has 0 fully saturated rings. The van der Waals surface area contributed by atoms with E-state index in [1.165, 1.54) is 0 Å². The van der Waals surface area contributed by atoms with Crippen LogP contribution in [0.15, 0.2) is 22.7 Å². The molecule has 0 aliphatic heterocycles. The molecule has 0 spiro atoms. The predicted molar refractivity (Wildman–Crippen MR) is 74.4 cm³/mol. The zero-order valence-electron chi connectivity index (χ0n) is 10.0. The predicted octanol–water partition coefficient (Wildman–Crippen LogP) is 2.89. The van der Waals surface area contributed by atoms with Crippen molar-refractivity contribution in [1.29, 1.82) is 0 Å². The number of hydrogen-bond donors (Lipinski definition) is 1. The molecule has 18 heavy (non-hydrogen) atoms. The van der Waals surface area contributed by atoms with Crippen molar-refractivity contribution in [2.24, 2.45) is 0 Å². The molecular weight excluding hydrogens is 321 g/mol. The second-order valence-corrected chi connectivity index (χ2v) is 5.16. The molecule has 1 aromatic carbocycles. The van der Waals surface area contributed by atoms with Gasteiger partial charge in [0.25, 0.3) is 0 Å². The first-order valence-corrected chi connectivity index (χ1v) is 6.64. The summed E-state index contributed by atoms with van der Waals surface area (Å²) in [5.74, 6) is -0.0609. The Balaban J connectivity index is 2.30. The van der Waals surface area contributed by atoms with Crippen LogP contribution in [-0.4, -0.2) is 42.7 Å². The van der Waals surface area contributed by atoms with Crippen LogP contribution >= 0.6 is 27.5 Å². The molecule has 1 N–H and O–H groups in total. The monoisotopic (exact) mass is 335 g/mol. The van der Waals surface area contributed by atoms with Gasteiger partial charge in [0.1, 0.15) is 12.4 Å². The lowest BCUT2D eigenvalue weighted by atomic mass is 10.3. The molecule has 4 nitrogen and oxygen atoms in total. The summed E-state index contributed by atoms with van der Waals surface area (Å²) in [6.07, 6.45) is 0.140. The van der Waals surface area contributed by atoms with Crippen molar-refractivity contribution >= 4 is 33.5 Å². The first kappa shape index (κ1) is 15.3. The molecule has 0 aromatic heterocycles. The maximum atomic E-state index is 10.4. The first-order valence-electron chi connectivity index (χ1n) is 5.47. The minimum atomic E-state index is -0.789. The van der Waals surface area contributed by atoms with E-state index in [2.05, 4.69) is 15.9 Å². The van der Waals surface area contributed by atoms with Crippen LogP contribution in [0.5, 0.6) is 5.75 Å². The van der Waals surface area contributed by atoms with Crippen molar-refractivity contribution in [2.75, 3.05) is 26.7 Å². The average molecular weight is 337 g/mol. The summed E-state index contributed by atoms with van der Waals surface area (Å²) in [4.78, 5) is 12.3. The maximum Gasteiger partial charge on any atom is 0.304 e. The Hall–Kier alpha value is -0.780. The molecule has 1 rings (SSSR count). The zero-order chi connectivity index (χ0) is 13.5. The number of carboxylic acid groups (broad SMARTS) is 1. The number of halogens is 2. The Bertz CT molecular complexity index is 414. The van der Waals surface area contributed by atoms with E-state index < -0.39 is 5.97 Å². The van der Waals surface area contributed by atoms with Gasteiger partial charge in [-0.25, -0.2) is 0 Å². The number of carbonyl (C=O) groups is 1. The van der Waals surface area contributed by atoms with Crippen LogP contribution in [-0.2, 0) is 4.79 Å². The Morgan fingerprint density at radius 1 is 1.50 bits per heavy atom. The molecule has 0 amide bonds. The number of rotatable bonds is 7. The molecule has 0 heterocycles. The van der Waals surface area contributed by atoms with E-state index in [0.29, 0.717) is 24.7 Å². The van der Waals surface area contributed by atoms with Crippen LogP contribution in [0, 0.1) is 0 Å². The number of nitrogens with zero attached hydrogens (tertiary/aromatic N) is 1. The molecule has 0 aliphatic rings. The number of hydrogen-bond acceptors (Lipinski definition) is 3. The molecule has 0 bridgehead atoms. The van der Waals surface area contributed by atoms with Gasteiger partial charge in [-0.1, -0.05) is 11.6 Å². The SMILES string of the molecule is CN(CCOc1ccc(Cl)cc1Br)CCC(=O)O. The summed E-state index contributed by atoms with van der Waals surface area (Å²) in [6, 6.07) is 5.32. The lowest BCUT2D eigenvalue weighted by Crippen LogP contribution is -2.26. The van der Waals surface area contributed by atoms with Crippen LogP contribution in [0.1, 0.15) is 6.42 Å². The fourth-order valence-electron chi connectivity index (χ4n) is 1.30. The summed E-state index contributed by atoms with van der Waals surface area (Å²) >= 11 is 9.19. The third-order valence-electron chi connectivity index (χ3n) is 2.33. The van der Waals surface area contributed by atoms with Crippen molar-refractivity contribution in [3.63, 3.8) is 0 Å². The third kappa shape index (κ3) is 5.71. The van der Waals surface area contributed by atoms with Gasteiger partial charge in [-0.05, 0) is 41.2 Å². The summed E-state index contributed by atoms with van der Waals surface area (Å²) in [5, 5.41) is 9.20. The number of aliphatic carboxylic acids is 1. The standard InChI is InChI=1S/C12H15BrClNO3/c1-15(5-4-12(16)17)6-7-18-11-3-2-9(14)8-10(11)13/h2-3,8H,4-7H2,1H3,(H,16,17). The fraction of sp³-hybridized carbons (Fsp3) is 0.417. The highest BCUT2D eigenvalue weighted by molar-refractivity contribution is 9.10. The average Bonchev–Trinajstić information content (AvgIpc) is 2.29. The van der Waals surface area contributed by atoms with Gasteiger partial charge in [0.05, 0.1) is 10.9 Å². The minimum Gasteiger partial charge on any atom is -0.491 e. The van der Waals surface area contributed by atoms with Crippen molar-refractivity contribution in [1.82, 2.24) is 4.90 Å². The van der Waals surface area contributed by atoms with Crippen LogP contribution in [0.3, 0.4) is 0 Å². The van der Waals surface area contributed by atoms with Crippen molar-refractivity contribution in [2.45, 2.75) is 6.42 Å². The molecule has 0 aliphatic carbocycles. The first-order chi connectivity index (χ1) is 8.49. The Morgan fingerprint density at radius 2 is 2.22 bits per heavy atom. The fourth-order valence-corrected chi connectivity index (χ4v) is 2.10. The van der Waals surface area contributed by atoms with Crippen molar-refractivity contribution in [3.8, 4) is 5.75 Å². The van der Waals surface area contributed by atoms with Crippen LogP contribution in [0.4, 0.5) is 0 Å². The van der Waals surface area contributed by atoms with Gasteiger partial charge in [-0.3, -0.25) is 4.79 Å². The number of carboxylic acids is 1. The van der Waals surface area contributed by atoms with Gasteiger partial charge in [-0.15, -0.1) is 0 Å². The summed E-state index contributed by atoms with van der Waals surface area (Å²) in [6.45, 7) is 1.68.